The Morgan fingerprint density at radius 1 is 1.06 bits per heavy atom. The van der Waals surface area contributed by atoms with Crippen molar-refractivity contribution in [3.63, 3.8) is 0 Å². The van der Waals surface area contributed by atoms with Crippen LogP contribution in [0.15, 0.2) is 84.3 Å². The number of carbonyl (C=O) groups excluding carboxylic acids is 2. The first-order chi connectivity index (χ1) is 17.5. The molecule has 2 unspecified atom stereocenters. The van der Waals surface area contributed by atoms with Crippen LogP contribution < -0.4 is 21.7 Å². The summed E-state index contributed by atoms with van der Waals surface area (Å²) in [5.74, 6) is 0.185. The first kappa shape index (κ1) is 23.4. The smallest absolute Gasteiger partial charge is 0.243 e. The highest BCUT2D eigenvalue weighted by atomic mass is 16.2. The maximum Gasteiger partial charge on any atom is 0.243 e. The fraction of sp³-hybridized carbons (Fsp3) is 0.241. The fourth-order valence-corrected chi connectivity index (χ4v) is 4.59. The highest BCUT2D eigenvalue weighted by Gasteiger charge is 2.26. The number of nitrogens with zero attached hydrogens (tertiary/aromatic N) is 1. The molecule has 4 bridgehead atoms. The van der Waals surface area contributed by atoms with E-state index in [0.29, 0.717) is 18.8 Å². The van der Waals surface area contributed by atoms with Crippen LogP contribution in [0.25, 0.3) is 10.8 Å². The normalized spacial score (nSPS) is 20.4. The van der Waals surface area contributed by atoms with Crippen LogP contribution in [0, 0.1) is 5.92 Å². The topological polar surface area (TPSA) is 109 Å². The molecule has 0 saturated carbocycles. The van der Waals surface area contributed by atoms with E-state index >= 15 is 0 Å². The monoisotopic (exact) mass is 479 g/mol. The van der Waals surface area contributed by atoms with Crippen LogP contribution in [-0.4, -0.2) is 22.8 Å². The van der Waals surface area contributed by atoms with Gasteiger partial charge in [0.1, 0.15) is 11.9 Å². The van der Waals surface area contributed by atoms with Gasteiger partial charge in [0, 0.05) is 41.8 Å². The summed E-state index contributed by atoms with van der Waals surface area (Å²) in [5, 5.41) is 11.3. The third-order valence-corrected chi connectivity index (χ3v) is 6.54. The van der Waals surface area contributed by atoms with Crippen LogP contribution in [0.5, 0.6) is 0 Å². The molecule has 0 fully saturated rings. The number of nitrogens with one attached hydrogen (secondary N) is 3. The number of nitrogens with two attached hydrogens (primary N) is 1. The number of carbonyl (C=O) groups is 2. The van der Waals surface area contributed by atoms with E-state index in [-0.39, 0.29) is 17.7 Å². The highest BCUT2D eigenvalue weighted by Crippen LogP contribution is 2.26. The van der Waals surface area contributed by atoms with E-state index < -0.39 is 6.04 Å². The van der Waals surface area contributed by atoms with Crippen LogP contribution in [0.4, 0.5) is 17.2 Å². The fourth-order valence-electron chi connectivity index (χ4n) is 4.59. The molecule has 2 aliphatic heterocycles. The Labute approximate surface area is 210 Å². The third-order valence-electron chi connectivity index (χ3n) is 6.54. The van der Waals surface area contributed by atoms with Gasteiger partial charge >= 0.3 is 0 Å². The van der Waals surface area contributed by atoms with E-state index in [2.05, 4.69) is 32.7 Å². The van der Waals surface area contributed by atoms with Crippen molar-refractivity contribution in [2.24, 2.45) is 5.92 Å². The molecule has 7 nitrogen and oxygen atoms in total. The van der Waals surface area contributed by atoms with Crippen LogP contribution >= 0.6 is 0 Å². The van der Waals surface area contributed by atoms with Gasteiger partial charge in [0.05, 0.1) is 0 Å². The number of benzene rings is 2. The molecule has 2 amide bonds. The number of aromatic nitrogens is 1. The molecule has 0 saturated heterocycles. The minimum atomic E-state index is -0.537. The Hall–Kier alpha value is -4.35. The van der Waals surface area contributed by atoms with E-state index in [9.17, 15) is 9.59 Å². The molecule has 2 aromatic carbocycles. The molecular formula is C29H29N5O2. The summed E-state index contributed by atoms with van der Waals surface area (Å²) in [5.41, 5.74) is 12.9. The van der Waals surface area contributed by atoms with E-state index in [0.717, 1.165) is 52.5 Å². The van der Waals surface area contributed by atoms with Crippen molar-refractivity contribution in [3.05, 3.63) is 89.8 Å². The van der Waals surface area contributed by atoms with Crippen molar-refractivity contribution >= 4 is 39.8 Å². The van der Waals surface area contributed by atoms with Crippen molar-refractivity contribution in [1.82, 2.24) is 10.3 Å². The zero-order valence-corrected chi connectivity index (χ0v) is 20.0. The lowest BCUT2D eigenvalue weighted by Gasteiger charge is -2.25. The Bertz CT molecular complexity index is 1400. The number of amides is 2. The summed E-state index contributed by atoms with van der Waals surface area (Å²) in [7, 11) is 0. The summed E-state index contributed by atoms with van der Waals surface area (Å²) in [6, 6.07) is 14.8. The van der Waals surface area contributed by atoms with E-state index in [1.54, 1.807) is 6.20 Å². The third kappa shape index (κ3) is 5.48. The van der Waals surface area contributed by atoms with Crippen molar-refractivity contribution in [1.29, 1.82) is 0 Å². The van der Waals surface area contributed by atoms with Crippen LogP contribution in [0.1, 0.15) is 31.2 Å². The Balaban J connectivity index is 1.43. The lowest BCUT2D eigenvalue weighted by molar-refractivity contribution is -0.122. The summed E-state index contributed by atoms with van der Waals surface area (Å²) >= 11 is 0. The number of rotatable bonds is 2. The largest absolute Gasteiger partial charge is 0.383 e. The van der Waals surface area contributed by atoms with Crippen LogP contribution in [0.2, 0.25) is 0 Å². The van der Waals surface area contributed by atoms with Gasteiger partial charge in [-0.05, 0) is 78.3 Å². The summed E-state index contributed by atoms with van der Waals surface area (Å²) < 4.78 is 0. The second kappa shape index (κ2) is 10.5. The van der Waals surface area contributed by atoms with Crippen molar-refractivity contribution in [3.8, 4) is 0 Å². The minimum Gasteiger partial charge on any atom is -0.383 e. The van der Waals surface area contributed by atoms with Gasteiger partial charge in [-0.3, -0.25) is 9.59 Å². The predicted molar refractivity (Wildman–Crippen MR) is 143 cm³/mol. The van der Waals surface area contributed by atoms with Gasteiger partial charge in [0.15, 0.2) is 0 Å². The van der Waals surface area contributed by atoms with Gasteiger partial charge < -0.3 is 21.7 Å². The molecule has 5 N–H and O–H groups in total. The molecule has 0 spiro atoms. The number of allylic oxidation sites excluding steroid dienone is 1. The zero-order chi connectivity index (χ0) is 24.9. The van der Waals surface area contributed by atoms with Crippen molar-refractivity contribution < 1.29 is 9.59 Å². The van der Waals surface area contributed by atoms with E-state index in [4.69, 9.17) is 5.73 Å². The van der Waals surface area contributed by atoms with Crippen molar-refractivity contribution in [2.45, 2.75) is 38.3 Å². The lowest BCUT2D eigenvalue weighted by atomic mass is 9.92. The van der Waals surface area contributed by atoms with E-state index in [1.807, 2.05) is 60.7 Å². The summed E-state index contributed by atoms with van der Waals surface area (Å²) in [6.45, 7) is 0.349. The molecule has 7 heteroatoms. The predicted octanol–water partition coefficient (Wildman–Crippen LogP) is 4.69. The first-order valence-electron chi connectivity index (χ1n) is 12.3. The Kier molecular flexibility index (Phi) is 6.83. The molecule has 1 aliphatic carbocycles. The zero-order valence-electron chi connectivity index (χ0n) is 20.0. The molecule has 3 heterocycles. The van der Waals surface area contributed by atoms with Crippen LogP contribution in [-0.2, 0) is 16.1 Å². The van der Waals surface area contributed by atoms with Gasteiger partial charge in [-0.2, -0.15) is 0 Å². The van der Waals surface area contributed by atoms with E-state index in [1.165, 1.54) is 0 Å². The quantitative estimate of drug-likeness (QED) is 0.399. The van der Waals surface area contributed by atoms with Gasteiger partial charge in [0.2, 0.25) is 11.8 Å². The number of anilines is 3. The molecule has 3 aromatic rings. The number of fused-ring (bicyclic) bond motifs is 9. The maximum atomic E-state index is 13.5. The second-order valence-corrected chi connectivity index (χ2v) is 9.20. The van der Waals surface area contributed by atoms with Gasteiger partial charge in [0.25, 0.3) is 0 Å². The minimum absolute atomic E-state index is 0.00135. The average molecular weight is 480 g/mol. The molecule has 1 aromatic heterocycles. The number of hydrogen-bond acceptors (Lipinski definition) is 5. The molecule has 0 radical (unpaired) electrons. The second-order valence-electron chi connectivity index (χ2n) is 9.20. The molecule has 2 atom stereocenters. The molecule has 3 aliphatic rings. The van der Waals surface area contributed by atoms with Crippen molar-refractivity contribution in [2.75, 3.05) is 16.4 Å². The molecule has 6 rings (SSSR count). The number of nitrogen functional groups attached to an aromatic ring is 1. The first-order valence-corrected chi connectivity index (χ1v) is 12.3. The average Bonchev–Trinajstić information content (AvgIpc) is 2.89. The molecule has 182 valence electrons. The summed E-state index contributed by atoms with van der Waals surface area (Å²) in [4.78, 5) is 29.9. The number of pyridine rings is 1. The Morgan fingerprint density at radius 2 is 1.94 bits per heavy atom. The van der Waals surface area contributed by atoms with Gasteiger partial charge in [-0.25, -0.2) is 4.98 Å². The maximum absolute atomic E-state index is 13.5. The van der Waals surface area contributed by atoms with Gasteiger partial charge in [-0.15, -0.1) is 5.73 Å². The Morgan fingerprint density at radius 3 is 2.81 bits per heavy atom. The lowest BCUT2D eigenvalue weighted by Crippen LogP contribution is -2.43. The number of hydrogen-bond donors (Lipinski definition) is 4. The van der Waals surface area contributed by atoms with Crippen LogP contribution in [0.3, 0.4) is 0 Å². The standard InChI is InChI=1S/C29H29N5O2/c30-28-25-13-12-24(17-22(25)14-15-31-28)34-27-21-10-8-19(9-11-21)4-1-2-7-26(35)33-23-6-3-5-20(16-23)18-32-29(27)36/h3,5-6,8,10-17,21,27,34H,1-2,4,7,18H2,(H2,30,31)(H,32,36)(H,33,35). The molecule has 36 heavy (non-hydrogen) atoms. The SMILES string of the molecule is Nc1nccc2cc(NC3C(=O)NCc4cccc(c4)NC(=O)CCCCC4=C=CC3C=C4)ccc12. The molecular weight excluding hydrogens is 450 g/mol. The van der Waals surface area contributed by atoms with Gasteiger partial charge in [-0.1, -0.05) is 24.3 Å². The highest BCUT2D eigenvalue weighted by molar-refractivity contribution is 5.94. The summed E-state index contributed by atoms with van der Waals surface area (Å²) in [6.07, 6.45) is 10.8.